The van der Waals surface area contributed by atoms with Gasteiger partial charge in [-0.1, -0.05) is 11.8 Å². The lowest BCUT2D eigenvalue weighted by atomic mass is 10.1. The average Bonchev–Trinajstić information content (AvgIpc) is 3.52. The van der Waals surface area contributed by atoms with E-state index in [0.29, 0.717) is 52.1 Å². The number of ether oxygens (including phenoxy) is 1. The fourth-order valence-corrected chi connectivity index (χ4v) is 6.21. The second-order valence-electron chi connectivity index (χ2n) is 8.30. The van der Waals surface area contributed by atoms with Crippen molar-refractivity contribution in [2.45, 2.75) is 31.6 Å². The van der Waals surface area contributed by atoms with E-state index in [-0.39, 0.29) is 29.7 Å². The second-order valence-corrected chi connectivity index (χ2v) is 10.3. The number of amides is 2. The zero-order chi connectivity index (χ0) is 25.2. The number of fused-ring (bicyclic) bond motifs is 3. The monoisotopic (exact) mass is 524 g/mol. The van der Waals surface area contributed by atoms with Crippen molar-refractivity contribution in [2.75, 3.05) is 24.7 Å². The summed E-state index contributed by atoms with van der Waals surface area (Å²) in [6.45, 7) is 2.82. The SMILES string of the molecule is COc1ccc(NC(=O)CSc2nc3sc4c(c3c(=O)n2Cc2ccco2)CCN(C(C)=O)C4)cc1. The van der Waals surface area contributed by atoms with E-state index in [0.717, 1.165) is 10.4 Å². The van der Waals surface area contributed by atoms with Gasteiger partial charge in [-0.25, -0.2) is 4.98 Å². The first kappa shape index (κ1) is 24.1. The van der Waals surface area contributed by atoms with Gasteiger partial charge in [0.15, 0.2) is 5.16 Å². The Morgan fingerprint density at radius 2 is 2.06 bits per heavy atom. The van der Waals surface area contributed by atoms with Crippen molar-refractivity contribution in [1.29, 1.82) is 0 Å². The average molecular weight is 525 g/mol. The summed E-state index contributed by atoms with van der Waals surface area (Å²) in [5, 5.41) is 3.89. The minimum Gasteiger partial charge on any atom is -0.497 e. The number of benzene rings is 1. The summed E-state index contributed by atoms with van der Waals surface area (Å²) >= 11 is 2.64. The number of furan rings is 1. The summed E-state index contributed by atoms with van der Waals surface area (Å²) in [6.07, 6.45) is 2.17. The Labute approximate surface area is 215 Å². The summed E-state index contributed by atoms with van der Waals surface area (Å²) in [5.74, 6) is 1.19. The first-order chi connectivity index (χ1) is 17.4. The number of nitrogens with one attached hydrogen (secondary N) is 1. The Bertz CT molecular complexity index is 1480. The predicted molar refractivity (Wildman–Crippen MR) is 139 cm³/mol. The Morgan fingerprint density at radius 1 is 1.25 bits per heavy atom. The molecule has 3 aromatic heterocycles. The molecule has 0 saturated carbocycles. The van der Waals surface area contributed by atoms with Crippen LogP contribution in [-0.2, 0) is 29.1 Å². The molecule has 1 aromatic carbocycles. The third-order valence-corrected chi connectivity index (χ3v) is 8.06. The first-order valence-corrected chi connectivity index (χ1v) is 13.1. The molecule has 0 aliphatic carbocycles. The number of hydrogen-bond acceptors (Lipinski definition) is 8. The van der Waals surface area contributed by atoms with Crippen molar-refractivity contribution in [1.82, 2.24) is 14.5 Å². The number of anilines is 1. The molecular weight excluding hydrogens is 500 g/mol. The Kier molecular flexibility index (Phi) is 6.84. The molecule has 11 heteroatoms. The lowest BCUT2D eigenvalue weighted by Gasteiger charge is -2.25. The molecule has 186 valence electrons. The lowest BCUT2D eigenvalue weighted by molar-refractivity contribution is -0.129. The van der Waals surface area contributed by atoms with Crippen LogP contribution in [0.5, 0.6) is 5.75 Å². The Hall–Kier alpha value is -3.57. The maximum absolute atomic E-state index is 13.7. The topological polar surface area (TPSA) is 107 Å². The van der Waals surface area contributed by atoms with Crippen molar-refractivity contribution in [3.05, 3.63) is 69.2 Å². The molecule has 5 rings (SSSR count). The molecule has 4 aromatic rings. The molecule has 0 atom stereocenters. The van der Waals surface area contributed by atoms with Gasteiger partial charge in [-0.3, -0.25) is 19.0 Å². The number of thioether (sulfide) groups is 1. The van der Waals surface area contributed by atoms with Crippen LogP contribution in [0, 0.1) is 0 Å². The Morgan fingerprint density at radius 3 is 2.75 bits per heavy atom. The van der Waals surface area contributed by atoms with Crippen LogP contribution in [-0.4, -0.2) is 45.7 Å². The summed E-state index contributed by atoms with van der Waals surface area (Å²) in [4.78, 5) is 46.4. The minimum atomic E-state index is -0.216. The van der Waals surface area contributed by atoms with Gasteiger partial charge in [-0.2, -0.15) is 0 Å². The number of thiophene rings is 1. The largest absolute Gasteiger partial charge is 0.497 e. The van der Waals surface area contributed by atoms with Gasteiger partial charge in [0, 0.05) is 24.0 Å². The van der Waals surface area contributed by atoms with Crippen molar-refractivity contribution in [3.63, 3.8) is 0 Å². The number of methoxy groups -OCH3 is 1. The van der Waals surface area contributed by atoms with Crippen molar-refractivity contribution >= 4 is 50.8 Å². The summed E-state index contributed by atoms with van der Waals surface area (Å²) in [7, 11) is 1.58. The van der Waals surface area contributed by atoms with E-state index in [9.17, 15) is 14.4 Å². The standard InChI is InChI=1S/C25H24N4O5S2/c1-15(30)28-10-9-19-20(13-28)36-23-22(19)24(32)29(12-18-4-3-11-34-18)25(27-23)35-14-21(31)26-16-5-7-17(33-2)8-6-16/h3-8,11H,9-10,12-14H2,1-2H3,(H,26,31). The van der Waals surface area contributed by atoms with Gasteiger partial charge in [0.1, 0.15) is 16.3 Å². The van der Waals surface area contributed by atoms with Gasteiger partial charge in [0.25, 0.3) is 5.56 Å². The molecule has 1 aliphatic rings. The van der Waals surface area contributed by atoms with Gasteiger partial charge in [-0.05, 0) is 48.4 Å². The van der Waals surface area contributed by atoms with Gasteiger partial charge in [0.2, 0.25) is 11.8 Å². The van der Waals surface area contributed by atoms with E-state index >= 15 is 0 Å². The van der Waals surface area contributed by atoms with Crippen LogP contribution < -0.4 is 15.6 Å². The van der Waals surface area contributed by atoms with Crippen LogP contribution in [0.25, 0.3) is 10.2 Å². The van der Waals surface area contributed by atoms with Crippen LogP contribution in [0.15, 0.2) is 57.0 Å². The van der Waals surface area contributed by atoms with Crippen molar-refractivity contribution in [2.24, 2.45) is 0 Å². The maximum atomic E-state index is 13.7. The number of carbonyl (C=O) groups is 2. The first-order valence-electron chi connectivity index (χ1n) is 11.3. The van der Waals surface area contributed by atoms with E-state index < -0.39 is 0 Å². The molecule has 0 bridgehead atoms. The molecular formula is C25H24N4O5S2. The van der Waals surface area contributed by atoms with Crippen LogP contribution in [0.4, 0.5) is 5.69 Å². The fraction of sp³-hybridized carbons (Fsp3) is 0.280. The maximum Gasteiger partial charge on any atom is 0.263 e. The van der Waals surface area contributed by atoms with Crippen molar-refractivity contribution < 1.29 is 18.7 Å². The summed E-state index contributed by atoms with van der Waals surface area (Å²) in [5.41, 5.74) is 1.45. The quantitative estimate of drug-likeness (QED) is 0.290. The minimum absolute atomic E-state index is 0.0143. The van der Waals surface area contributed by atoms with Crippen LogP contribution in [0.3, 0.4) is 0 Å². The normalized spacial score (nSPS) is 13.0. The number of aromatic nitrogens is 2. The molecule has 9 nitrogen and oxygen atoms in total. The fourth-order valence-electron chi connectivity index (χ4n) is 4.14. The number of carbonyl (C=O) groups excluding carboxylic acids is 2. The zero-order valence-electron chi connectivity index (χ0n) is 19.8. The lowest BCUT2D eigenvalue weighted by Crippen LogP contribution is -2.34. The second kappa shape index (κ2) is 10.2. The molecule has 0 saturated heterocycles. The number of hydrogen-bond donors (Lipinski definition) is 1. The third kappa shape index (κ3) is 4.89. The molecule has 0 unspecified atom stereocenters. The van der Waals surface area contributed by atoms with E-state index in [1.807, 2.05) is 0 Å². The Balaban J connectivity index is 1.44. The molecule has 1 N–H and O–H groups in total. The van der Waals surface area contributed by atoms with Crippen molar-refractivity contribution in [3.8, 4) is 5.75 Å². The molecule has 36 heavy (non-hydrogen) atoms. The highest BCUT2D eigenvalue weighted by molar-refractivity contribution is 7.99. The highest BCUT2D eigenvalue weighted by Crippen LogP contribution is 2.34. The van der Waals surface area contributed by atoms with Crippen LogP contribution >= 0.6 is 23.1 Å². The van der Waals surface area contributed by atoms with Gasteiger partial charge in [0.05, 0.1) is 37.6 Å². The summed E-state index contributed by atoms with van der Waals surface area (Å²) < 4.78 is 12.2. The smallest absolute Gasteiger partial charge is 0.263 e. The zero-order valence-corrected chi connectivity index (χ0v) is 21.4. The van der Waals surface area contributed by atoms with Gasteiger partial charge >= 0.3 is 0 Å². The van der Waals surface area contributed by atoms with Gasteiger partial charge < -0.3 is 19.4 Å². The number of rotatable bonds is 7. The van der Waals surface area contributed by atoms with E-state index in [2.05, 4.69) is 5.32 Å². The molecule has 0 radical (unpaired) electrons. The highest BCUT2D eigenvalue weighted by atomic mass is 32.2. The molecule has 0 spiro atoms. The van der Waals surface area contributed by atoms with E-state index in [1.165, 1.54) is 23.1 Å². The molecule has 1 aliphatic heterocycles. The predicted octanol–water partition coefficient (Wildman–Crippen LogP) is 3.74. The van der Waals surface area contributed by atoms with E-state index in [4.69, 9.17) is 14.1 Å². The molecule has 0 fully saturated rings. The van der Waals surface area contributed by atoms with Gasteiger partial charge in [-0.15, -0.1) is 11.3 Å². The third-order valence-electron chi connectivity index (χ3n) is 5.97. The number of nitrogens with zero attached hydrogens (tertiary/aromatic N) is 3. The molecule has 2 amide bonds. The van der Waals surface area contributed by atoms with Crippen LogP contribution in [0.2, 0.25) is 0 Å². The summed E-state index contributed by atoms with van der Waals surface area (Å²) in [6, 6.07) is 10.6. The van der Waals surface area contributed by atoms with E-state index in [1.54, 1.807) is 66.2 Å². The van der Waals surface area contributed by atoms with Crippen LogP contribution in [0.1, 0.15) is 23.1 Å². The molecule has 4 heterocycles. The highest BCUT2D eigenvalue weighted by Gasteiger charge is 2.26.